The number of hydrogen-bond acceptors (Lipinski definition) is 5. The number of ether oxygens (including phenoxy) is 1. The van der Waals surface area contributed by atoms with Gasteiger partial charge in [0, 0.05) is 6.04 Å². The zero-order valence-electron chi connectivity index (χ0n) is 13.5. The number of amides is 1. The Balaban J connectivity index is 1.65. The fourth-order valence-corrected chi connectivity index (χ4v) is 3.82. The Labute approximate surface area is 145 Å². The smallest absolute Gasteiger partial charge is 0.239 e. The van der Waals surface area contributed by atoms with Crippen LogP contribution < -0.4 is 10.1 Å². The fraction of sp³-hybridized carbons (Fsp3) is 0.333. The van der Waals surface area contributed by atoms with Crippen molar-refractivity contribution in [3.8, 4) is 11.8 Å². The minimum absolute atomic E-state index is 0.0747. The highest BCUT2D eigenvalue weighted by molar-refractivity contribution is 7.14. The van der Waals surface area contributed by atoms with Crippen molar-refractivity contribution in [2.24, 2.45) is 0 Å². The highest BCUT2D eigenvalue weighted by Crippen LogP contribution is 2.32. The maximum atomic E-state index is 12.3. The lowest BCUT2D eigenvalue weighted by Gasteiger charge is -2.24. The summed E-state index contributed by atoms with van der Waals surface area (Å²) in [6.07, 6.45) is 2.12. The second kappa shape index (κ2) is 7.47. The molecule has 5 nitrogen and oxygen atoms in total. The molecular formula is C18H19N3O2S. The molecule has 24 heavy (non-hydrogen) atoms. The van der Waals surface area contributed by atoms with E-state index in [1.807, 2.05) is 17.5 Å². The number of benzene rings is 1. The average Bonchev–Trinajstić information content (AvgIpc) is 3.24. The van der Waals surface area contributed by atoms with Gasteiger partial charge >= 0.3 is 0 Å². The van der Waals surface area contributed by atoms with Crippen molar-refractivity contribution in [3.63, 3.8) is 0 Å². The molecule has 1 aromatic heterocycles. The van der Waals surface area contributed by atoms with E-state index in [9.17, 15) is 4.79 Å². The third-order valence-corrected chi connectivity index (χ3v) is 5.08. The molecule has 2 aromatic rings. The van der Waals surface area contributed by atoms with Crippen LogP contribution in [0.1, 0.15) is 30.0 Å². The van der Waals surface area contributed by atoms with Crippen LogP contribution in [0.5, 0.6) is 5.75 Å². The van der Waals surface area contributed by atoms with Crippen LogP contribution in [0.15, 0.2) is 35.7 Å². The minimum Gasteiger partial charge on any atom is -0.497 e. The van der Waals surface area contributed by atoms with Crippen molar-refractivity contribution in [2.45, 2.75) is 18.9 Å². The molecule has 2 heterocycles. The molecule has 0 saturated carbocycles. The lowest BCUT2D eigenvalue weighted by molar-refractivity contribution is -0.117. The maximum absolute atomic E-state index is 12.3. The van der Waals surface area contributed by atoms with Gasteiger partial charge in [0.15, 0.2) is 0 Å². The third kappa shape index (κ3) is 3.58. The van der Waals surface area contributed by atoms with Crippen LogP contribution in [0.4, 0.5) is 5.00 Å². The lowest BCUT2D eigenvalue weighted by Crippen LogP contribution is -2.32. The van der Waals surface area contributed by atoms with Gasteiger partial charge < -0.3 is 10.1 Å². The number of hydrogen-bond donors (Lipinski definition) is 1. The number of nitrogens with zero attached hydrogens (tertiary/aromatic N) is 2. The van der Waals surface area contributed by atoms with Gasteiger partial charge in [-0.15, -0.1) is 11.3 Å². The largest absolute Gasteiger partial charge is 0.497 e. The quantitative estimate of drug-likeness (QED) is 0.905. The summed E-state index contributed by atoms with van der Waals surface area (Å²) in [5.41, 5.74) is 1.72. The second-order valence-corrected chi connectivity index (χ2v) is 6.64. The van der Waals surface area contributed by atoms with Gasteiger partial charge in [0.05, 0.1) is 19.2 Å². The minimum atomic E-state index is -0.0747. The molecule has 0 aliphatic carbocycles. The van der Waals surface area contributed by atoms with E-state index in [0.717, 1.165) is 25.1 Å². The Bertz CT molecular complexity index is 748. The molecule has 1 aliphatic heterocycles. The van der Waals surface area contributed by atoms with Crippen LogP contribution in [0.3, 0.4) is 0 Å². The number of carbonyl (C=O) groups excluding carboxylic acids is 1. The van der Waals surface area contributed by atoms with Gasteiger partial charge in [0.25, 0.3) is 0 Å². The number of methoxy groups -OCH3 is 1. The van der Waals surface area contributed by atoms with Crippen LogP contribution in [0.25, 0.3) is 0 Å². The van der Waals surface area contributed by atoms with Gasteiger partial charge in [0.2, 0.25) is 5.91 Å². The van der Waals surface area contributed by atoms with Crippen molar-refractivity contribution >= 4 is 22.2 Å². The Morgan fingerprint density at radius 1 is 1.42 bits per heavy atom. The van der Waals surface area contributed by atoms with E-state index in [1.54, 1.807) is 13.2 Å². The first kappa shape index (κ1) is 16.5. The van der Waals surface area contributed by atoms with Crippen LogP contribution in [0.2, 0.25) is 0 Å². The van der Waals surface area contributed by atoms with E-state index in [2.05, 4.69) is 28.4 Å². The molecule has 1 aliphatic rings. The highest BCUT2D eigenvalue weighted by Gasteiger charge is 2.27. The Hall–Kier alpha value is -2.36. The predicted molar refractivity (Wildman–Crippen MR) is 94.2 cm³/mol. The average molecular weight is 341 g/mol. The van der Waals surface area contributed by atoms with Crippen LogP contribution >= 0.6 is 11.3 Å². The number of rotatable bonds is 5. The summed E-state index contributed by atoms with van der Waals surface area (Å²) < 4.78 is 5.20. The van der Waals surface area contributed by atoms with E-state index < -0.39 is 0 Å². The van der Waals surface area contributed by atoms with Crippen molar-refractivity contribution < 1.29 is 9.53 Å². The SMILES string of the molecule is COc1ccc(C2CCCN2CC(=O)Nc2sccc2C#N)cc1. The van der Waals surface area contributed by atoms with Gasteiger partial charge in [-0.1, -0.05) is 12.1 Å². The van der Waals surface area contributed by atoms with Crippen molar-refractivity contribution in [2.75, 3.05) is 25.5 Å². The Kier molecular flexibility index (Phi) is 5.14. The van der Waals surface area contributed by atoms with E-state index >= 15 is 0 Å². The number of nitriles is 1. The molecule has 6 heteroatoms. The van der Waals surface area contributed by atoms with Gasteiger partial charge in [-0.05, 0) is 48.5 Å². The molecule has 1 saturated heterocycles. The summed E-state index contributed by atoms with van der Waals surface area (Å²) in [6, 6.07) is 12.1. The van der Waals surface area contributed by atoms with E-state index in [4.69, 9.17) is 10.00 Å². The Morgan fingerprint density at radius 3 is 2.92 bits per heavy atom. The number of nitrogens with one attached hydrogen (secondary N) is 1. The van der Waals surface area contributed by atoms with Gasteiger partial charge in [-0.25, -0.2) is 0 Å². The van der Waals surface area contributed by atoms with Gasteiger partial charge in [0.1, 0.15) is 16.8 Å². The second-order valence-electron chi connectivity index (χ2n) is 5.73. The molecule has 1 aromatic carbocycles. The van der Waals surface area contributed by atoms with Crippen molar-refractivity contribution in [3.05, 3.63) is 46.8 Å². The summed E-state index contributed by atoms with van der Waals surface area (Å²) in [6.45, 7) is 1.24. The standard InChI is InChI=1S/C18H19N3O2S/c1-23-15-6-4-13(5-7-15)16-3-2-9-21(16)12-17(22)20-18-14(11-19)8-10-24-18/h4-8,10,16H,2-3,9,12H2,1H3,(H,20,22). The van der Waals surface area contributed by atoms with Crippen LogP contribution in [0, 0.1) is 11.3 Å². The summed E-state index contributed by atoms with van der Waals surface area (Å²) >= 11 is 1.37. The van der Waals surface area contributed by atoms with E-state index in [-0.39, 0.29) is 11.9 Å². The molecule has 3 rings (SSSR count). The monoisotopic (exact) mass is 341 g/mol. The molecule has 0 bridgehead atoms. The highest BCUT2D eigenvalue weighted by atomic mass is 32.1. The van der Waals surface area contributed by atoms with Crippen LogP contribution in [-0.2, 0) is 4.79 Å². The predicted octanol–water partition coefficient (Wildman–Crippen LogP) is 3.40. The maximum Gasteiger partial charge on any atom is 0.239 e. The molecule has 1 amide bonds. The molecule has 0 spiro atoms. The van der Waals surface area contributed by atoms with Crippen molar-refractivity contribution in [1.29, 1.82) is 5.26 Å². The summed E-state index contributed by atoms with van der Waals surface area (Å²) in [7, 11) is 1.65. The third-order valence-electron chi connectivity index (χ3n) is 4.25. The summed E-state index contributed by atoms with van der Waals surface area (Å²) in [4.78, 5) is 14.5. The van der Waals surface area contributed by atoms with Crippen LogP contribution in [-0.4, -0.2) is 31.0 Å². The molecule has 0 radical (unpaired) electrons. The molecule has 1 unspecified atom stereocenters. The van der Waals surface area contributed by atoms with Gasteiger partial charge in [-0.2, -0.15) is 5.26 Å². The zero-order valence-corrected chi connectivity index (χ0v) is 14.3. The summed E-state index contributed by atoms with van der Waals surface area (Å²) in [5.74, 6) is 0.761. The molecule has 1 N–H and O–H groups in total. The number of likely N-dealkylation sites (tertiary alicyclic amines) is 1. The fourth-order valence-electron chi connectivity index (χ4n) is 3.06. The zero-order chi connectivity index (χ0) is 16.9. The molecule has 1 atom stereocenters. The topological polar surface area (TPSA) is 65.4 Å². The first-order valence-corrected chi connectivity index (χ1v) is 8.74. The lowest BCUT2D eigenvalue weighted by atomic mass is 10.0. The summed E-state index contributed by atoms with van der Waals surface area (Å²) in [5, 5.41) is 14.3. The van der Waals surface area contributed by atoms with E-state index in [0.29, 0.717) is 17.1 Å². The van der Waals surface area contributed by atoms with E-state index in [1.165, 1.54) is 16.9 Å². The van der Waals surface area contributed by atoms with Gasteiger partial charge in [-0.3, -0.25) is 9.69 Å². The Morgan fingerprint density at radius 2 is 2.21 bits per heavy atom. The normalized spacial score (nSPS) is 17.4. The molecule has 1 fully saturated rings. The molecular weight excluding hydrogens is 322 g/mol. The molecule has 124 valence electrons. The van der Waals surface area contributed by atoms with Crippen molar-refractivity contribution in [1.82, 2.24) is 4.90 Å². The number of thiophene rings is 1. The number of carbonyl (C=O) groups is 1. The first-order valence-electron chi connectivity index (χ1n) is 7.86. The first-order chi connectivity index (χ1) is 11.7. The number of anilines is 1.